The molecule has 0 aromatic carbocycles. The third kappa shape index (κ3) is 3.15. The molecule has 0 saturated heterocycles. The van der Waals surface area contributed by atoms with Gasteiger partial charge in [-0.3, -0.25) is 9.78 Å². The van der Waals surface area contributed by atoms with Gasteiger partial charge in [-0.25, -0.2) is 4.98 Å². The number of aromatic nitrogens is 2. The molecule has 2 aromatic heterocycles. The Morgan fingerprint density at radius 3 is 2.63 bits per heavy atom. The Balaban J connectivity index is 2.30. The van der Waals surface area contributed by atoms with Crippen LogP contribution in [-0.2, 0) is 0 Å². The van der Waals surface area contributed by atoms with Crippen molar-refractivity contribution >= 4 is 46.5 Å². The molecule has 0 saturated carbocycles. The summed E-state index contributed by atoms with van der Waals surface area (Å²) in [6.45, 7) is 1.72. The van der Waals surface area contributed by atoms with E-state index >= 15 is 0 Å². The molecule has 0 aliphatic carbocycles. The number of nitrogens with zero attached hydrogens (tertiary/aromatic N) is 2. The van der Waals surface area contributed by atoms with Crippen molar-refractivity contribution in [2.45, 2.75) is 6.92 Å². The molecule has 4 nitrogen and oxygen atoms in total. The van der Waals surface area contributed by atoms with Gasteiger partial charge in [-0.1, -0.05) is 34.8 Å². The molecule has 0 aliphatic rings. The average molecular weight is 317 g/mol. The Labute approximate surface area is 124 Å². The number of rotatable bonds is 2. The van der Waals surface area contributed by atoms with Gasteiger partial charge in [-0.2, -0.15) is 0 Å². The second-order valence-corrected chi connectivity index (χ2v) is 4.92. The summed E-state index contributed by atoms with van der Waals surface area (Å²) in [7, 11) is 0. The summed E-state index contributed by atoms with van der Waals surface area (Å²) in [5, 5.41) is 3.53. The molecule has 1 amide bonds. The average Bonchev–Trinajstić information content (AvgIpc) is 2.36. The van der Waals surface area contributed by atoms with E-state index in [0.717, 1.165) is 0 Å². The van der Waals surface area contributed by atoms with Crippen molar-refractivity contribution in [1.82, 2.24) is 9.97 Å². The predicted molar refractivity (Wildman–Crippen MR) is 76.2 cm³/mol. The van der Waals surface area contributed by atoms with E-state index in [-0.39, 0.29) is 15.9 Å². The van der Waals surface area contributed by atoms with Crippen LogP contribution in [-0.4, -0.2) is 15.9 Å². The van der Waals surface area contributed by atoms with Gasteiger partial charge in [-0.05, 0) is 19.1 Å². The highest BCUT2D eigenvalue weighted by Crippen LogP contribution is 2.26. The lowest BCUT2D eigenvalue weighted by Gasteiger charge is -2.09. The van der Waals surface area contributed by atoms with Crippen LogP contribution >= 0.6 is 34.8 Å². The van der Waals surface area contributed by atoms with Crippen LogP contribution in [0.3, 0.4) is 0 Å². The molecule has 0 aliphatic heterocycles. The van der Waals surface area contributed by atoms with Crippen LogP contribution in [0.4, 0.5) is 5.82 Å². The minimum absolute atomic E-state index is 0.237. The highest BCUT2D eigenvalue weighted by molar-refractivity contribution is 6.37. The van der Waals surface area contributed by atoms with Crippen molar-refractivity contribution in [3.05, 3.63) is 50.9 Å². The predicted octanol–water partition coefficient (Wildman–Crippen LogP) is 4.00. The number of amides is 1. The summed E-state index contributed by atoms with van der Waals surface area (Å²) in [4.78, 5) is 19.9. The van der Waals surface area contributed by atoms with Crippen LogP contribution in [0.1, 0.15) is 16.1 Å². The summed E-state index contributed by atoms with van der Waals surface area (Å²) in [5.41, 5.74) is 0.865. The van der Waals surface area contributed by atoms with Gasteiger partial charge in [0.2, 0.25) is 0 Å². The van der Waals surface area contributed by atoms with Gasteiger partial charge in [0.15, 0.2) is 5.82 Å². The Hall–Kier alpha value is -1.36. The molecule has 0 bridgehead atoms. The molecule has 0 spiro atoms. The van der Waals surface area contributed by atoms with Gasteiger partial charge < -0.3 is 5.32 Å². The molecule has 0 radical (unpaired) electrons. The summed E-state index contributed by atoms with van der Waals surface area (Å²) >= 11 is 17.7. The second-order valence-electron chi connectivity index (χ2n) is 3.70. The SMILES string of the molecule is Cc1nc(NC(=O)c2ccncc2Cl)c(Cl)cc1Cl. The van der Waals surface area contributed by atoms with Crippen molar-refractivity contribution in [2.75, 3.05) is 5.32 Å². The third-order valence-electron chi connectivity index (χ3n) is 2.35. The zero-order valence-corrected chi connectivity index (χ0v) is 12.0. The van der Waals surface area contributed by atoms with Gasteiger partial charge in [0.1, 0.15) is 0 Å². The molecule has 0 atom stereocenters. The maximum absolute atomic E-state index is 12.0. The third-order valence-corrected chi connectivity index (χ3v) is 3.33. The van der Waals surface area contributed by atoms with Gasteiger partial charge in [0.25, 0.3) is 5.91 Å². The van der Waals surface area contributed by atoms with Crippen molar-refractivity contribution < 1.29 is 4.79 Å². The molecule has 0 fully saturated rings. The number of anilines is 1. The van der Waals surface area contributed by atoms with E-state index in [1.54, 1.807) is 6.92 Å². The fraction of sp³-hybridized carbons (Fsp3) is 0.0833. The van der Waals surface area contributed by atoms with Gasteiger partial charge in [-0.15, -0.1) is 0 Å². The molecule has 1 N–H and O–H groups in total. The highest BCUT2D eigenvalue weighted by Gasteiger charge is 2.14. The Bertz CT molecular complexity index is 646. The maximum Gasteiger partial charge on any atom is 0.258 e. The lowest BCUT2D eigenvalue weighted by atomic mass is 10.2. The van der Waals surface area contributed by atoms with Gasteiger partial charge >= 0.3 is 0 Å². The normalized spacial score (nSPS) is 10.3. The Morgan fingerprint density at radius 2 is 1.95 bits per heavy atom. The first-order valence-electron chi connectivity index (χ1n) is 5.22. The standard InChI is InChI=1S/C12H8Cl3N3O/c1-6-8(13)4-9(14)11(17-6)18-12(19)7-2-3-16-5-10(7)15/h2-5H,1H3,(H,17,18,19). The maximum atomic E-state index is 12.0. The molecule has 2 heterocycles. The molecule has 19 heavy (non-hydrogen) atoms. The summed E-state index contributed by atoms with van der Waals surface area (Å²) in [6.07, 6.45) is 2.86. The van der Waals surface area contributed by atoms with Crippen molar-refractivity contribution in [3.63, 3.8) is 0 Å². The zero-order chi connectivity index (χ0) is 14.0. The molecule has 2 aromatic rings. The molecular formula is C12H8Cl3N3O. The van der Waals surface area contributed by atoms with E-state index in [1.807, 2.05) is 0 Å². The van der Waals surface area contributed by atoms with Crippen molar-refractivity contribution in [1.29, 1.82) is 0 Å². The Morgan fingerprint density at radius 1 is 1.21 bits per heavy atom. The van der Waals surface area contributed by atoms with Crippen LogP contribution < -0.4 is 5.32 Å². The van der Waals surface area contributed by atoms with E-state index in [1.165, 1.54) is 24.5 Å². The van der Waals surface area contributed by atoms with Crippen LogP contribution in [0.2, 0.25) is 15.1 Å². The molecular weight excluding hydrogens is 309 g/mol. The second kappa shape index (κ2) is 5.74. The Kier molecular flexibility index (Phi) is 4.24. The first kappa shape index (κ1) is 14.1. The number of hydrogen-bond acceptors (Lipinski definition) is 3. The van der Waals surface area contributed by atoms with E-state index in [0.29, 0.717) is 16.3 Å². The fourth-order valence-corrected chi connectivity index (χ4v) is 1.99. The smallest absolute Gasteiger partial charge is 0.258 e. The lowest BCUT2D eigenvalue weighted by Crippen LogP contribution is -2.14. The van der Waals surface area contributed by atoms with Crippen LogP contribution in [0.25, 0.3) is 0 Å². The van der Waals surface area contributed by atoms with E-state index in [4.69, 9.17) is 34.8 Å². The van der Waals surface area contributed by atoms with Crippen LogP contribution in [0, 0.1) is 6.92 Å². The highest BCUT2D eigenvalue weighted by atomic mass is 35.5. The quantitative estimate of drug-likeness (QED) is 0.911. The van der Waals surface area contributed by atoms with Crippen molar-refractivity contribution in [3.8, 4) is 0 Å². The topological polar surface area (TPSA) is 54.9 Å². The minimum atomic E-state index is -0.413. The number of nitrogens with one attached hydrogen (secondary N) is 1. The number of pyridine rings is 2. The van der Waals surface area contributed by atoms with Gasteiger partial charge in [0.05, 0.1) is 26.3 Å². The fourth-order valence-electron chi connectivity index (χ4n) is 1.38. The largest absolute Gasteiger partial charge is 0.305 e. The van der Waals surface area contributed by atoms with E-state index < -0.39 is 5.91 Å². The summed E-state index contributed by atoms with van der Waals surface area (Å²) in [5.74, 6) is -0.176. The molecule has 0 unspecified atom stereocenters. The number of aryl methyl sites for hydroxylation is 1. The van der Waals surface area contributed by atoms with Crippen molar-refractivity contribution in [2.24, 2.45) is 0 Å². The molecule has 2 rings (SSSR count). The summed E-state index contributed by atoms with van der Waals surface area (Å²) in [6, 6.07) is 3.03. The first-order chi connectivity index (χ1) is 8.99. The number of halogens is 3. The molecule has 7 heteroatoms. The van der Waals surface area contributed by atoms with E-state index in [2.05, 4.69) is 15.3 Å². The monoisotopic (exact) mass is 315 g/mol. The van der Waals surface area contributed by atoms with Crippen LogP contribution in [0.5, 0.6) is 0 Å². The first-order valence-corrected chi connectivity index (χ1v) is 6.36. The van der Waals surface area contributed by atoms with Gasteiger partial charge in [0, 0.05) is 12.4 Å². The minimum Gasteiger partial charge on any atom is -0.305 e. The van der Waals surface area contributed by atoms with E-state index in [9.17, 15) is 4.79 Å². The number of hydrogen-bond donors (Lipinski definition) is 1. The number of carbonyl (C=O) groups is 1. The molecule has 98 valence electrons. The summed E-state index contributed by atoms with van der Waals surface area (Å²) < 4.78 is 0. The lowest BCUT2D eigenvalue weighted by molar-refractivity contribution is 0.102. The number of carbonyl (C=O) groups excluding carboxylic acids is 1. The van der Waals surface area contributed by atoms with Crippen LogP contribution in [0.15, 0.2) is 24.5 Å². The zero-order valence-electron chi connectivity index (χ0n) is 9.75.